The third kappa shape index (κ3) is 3.48. The Balaban J connectivity index is 1.95. The Morgan fingerprint density at radius 1 is 1.56 bits per heavy atom. The lowest BCUT2D eigenvalue weighted by molar-refractivity contribution is 0.176. The molecule has 1 aromatic rings. The fraction of sp³-hybridized carbons (Fsp3) is 0.500. The van der Waals surface area contributed by atoms with Gasteiger partial charge in [-0.05, 0) is 37.0 Å². The van der Waals surface area contributed by atoms with Gasteiger partial charge in [-0.25, -0.2) is 4.79 Å². The van der Waals surface area contributed by atoms with Gasteiger partial charge in [0.1, 0.15) is 0 Å². The molecule has 0 bridgehead atoms. The molecule has 1 aliphatic heterocycles. The maximum absolute atomic E-state index is 12.1. The molecular formula is C14H19BrN2O. The molecule has 0 saturated carbocycles. The Hall–Kier alpha value is -1.03. The van der Waals surface area contributed by atoms with Crippen molar-refractivity contribution < 1.29 is 4.79 Å². The van der Waals surface area contributed by atoms with Crippen molar-refractivity contribution in [1.29, 1.82) is 0 Å². The highest BCUT2D eigenvalue weighted by Crippen LogP contribution is 2.21. The average Bonchev–Trinajstić information content (AvgIpc) is 2.39. The first-order valence-electron chi connectivity index (χ1n) is 6.50. The Morgan fingerprint density at radius 2 is 2.39 bits per heavy atom. The predicted octanol–water partition coefficient (Wildman–Crippen LogP) is 4.10. The van der Waals surface area contributed by atoms with Gasteiger partial charge in [0.2, 0.25) is 0 Å². The smallest absolute Gasteiger partial charge is 0.321 e. The topological polar surface area (TPSA) is 32.3 Å². The normalized spacial score (nSPS) is 19.7. The monoisotopic (exact) mass is 310 g/mol. The number of amides is 2. The number of anilines is 1. The van der Waals surface area contributed by atoms with Crippen molar-refractivity contribution in [2.24, 2.45) is 5.92 Å². The molecule has 0 aromatic heterocycles. The first-order valence-corrected chi connectivity index (χ1v) is 7.30. The average molecular weight is 311 g/mol. The number of benzene rings is 1. The molecule has 1 unspecified atom stereocenters. The number of hydrogen-bond acceptors (Lipinski definition) is 1. The molecule has 18 heavy (non-hydrogen) atoms. The zero-order valence-electron chi connectivity index (χ0n) is 10.7. The lowest BCUT2D eigenvalue weighted by atomic mass is 9.96. The van der Waals surface area contributed by atoms with E-state index in [1.807, 2.05) is 29.2 Å². The molecule has 1 N–H and O–H groups in total. The van der Waals surface area contributed by atoms with Crippen molar-refractivity contribution in [3.05, 3.63) is 28.7 Å². The Kier molecular flexibility index (Phi) is 4.64. The SMILES string of the molecule is CCC1CCCN(C(=O)Nc2cccc(Br)c2)C1. The highest BCUT2D eigenvalue weighted by molar-refractivity contribution is 9.10. The van der Waals surface area contributed by atoms with E-state index >= 15 is 0 Å². The molecule has 0 spiro atoms. The molecule has 1 atom stereocenters. The summed E-state index contributed by atoms with van der Waals surface area (Å²) in [5, 5.41) is 2.95. The van der Waals surface area contributed by atoms with Gasteiger partial charge in [0.25, 0.3) is 0 Å². The summed E-state index contributed by atoms with van der Waals surface area (Å²) >= 11 is 3.40. The highest BCUT2D eigenvalue weighted by atomic mass is 79.9. The second-order valence-electron chi connectivity index (χ2n) is 4.80. The molecule has 1 aliphatic rings. The van der Waals surface area contributed by atoms with E-state index in [0.717, 1.165) is 36.1 Å². The first-order chi connectivity index (χ1) is 8.69. The molecule has 1 fully saturated rings. The predicted molar refractivity (Wildman–Crippen MR) is 77.7 cm³/mol. The second-order valence-corrected chi connectivity index (χ2v) is 5.72. The maximum atomic E-state index is 12.1. The van der Waals surface area contributed by atoms with Gasteiger partial charge in [0.15, 0.2) is 0 Å². The Bertz CT molecular complexity index is 422. The summed E-state index contributed by atoms with van der Waals surface area (Å²) < 4.78 is 0.977. The van der Waals surface area contributed by atoms with Crippen molar-refractivity contribution in [2.75, 3.05) is 18.4 Å². The number of piperidine rings is 1. The van der Waals surface area contributed by atoms with E-state index < -0.39 is 0 Å². The molecule has 2 rings (SSSR count). The molecular weight excluding hydrogens is 292 g/mol. The number of urea groups is 1. The number of nitrogens with zero attached hydrogens (tertiary/aromatic N) is 1. The lowest BCUT2D eigenvalue weighted by Crippen LogP contribution is -2.42. The van der Waals surface area contributed by atoms with Gasteiger partial charge in [-0.2, -0.15) is 0 Å². The van der Waals surface area contributed by atoms with E-state index in [4.69, 9.17) is 0 Å². The van der Waals surface area contributed by atoms with Crippen LogP contribution in [-0.4, -0.2) is 24.0 Å². The maximum Gasteiger partial charge on any atom is 0.321 e. The van der Waals surface area contributed by atoms with Crippen LogP contribution < -0.4 is 5.32 Å². The van der Waals surface area contributed by atoms with E-state index in [0.29, 0.717) is 5.92 Å². The van der Waals surface area contributed by atoms with E-state index in [1.165, 1.54) is 6.42 Å². The first kappa shape index (κ1) is 13.4. The number of nitrogens with one attached hydrogen (secondary N) is 1. The van der Waals surface area contributed by atoms with Crippen molar-refractivity contribution in [3.63, 3.8) is 0 Å². The summed E-state index contributed by atoms with van der Waals surface area (Å²) in [5.74, 6) is 0.659. The lowest BCUT2D eigenvalue weighted by Gasteiger charge is -2.32. The number of likely N-dealkylation sites (tertiary alicyclic amines) is 1. The molecule has 1 saturated heterocycles. The van der Waals surface area contributed by atoms with Crippen molar-refractivity contribution in [1.82, 2.24) is 4.90 Å². The fourth-order valence-corrected chi connectivity index (χ4v) is 2.75. The van der Waals surface area contributed by atoms with Crippen LogP contribution in [-0.2, 0) is 0 Å². The van der Waals surface area contributed by atoms with E-state index in [2.05, 4.69) is 28.2 Å². The molecule has 0 aliphatic carbocycles. The van der Waals surface area contributed by atoms with Gasteiger partial charge in [-0.15, -0.1) is 0 Å². The molecule has 0 radical (unpaired) electrons. The summed E-state index contributed by atoms with van der Waals surface area (Å²) in [5.41, 5.74) is 0.841. The van der Waals surface area contributed by atoms with E-state index in [9.17, 15) is 4.79 Å². The number of rotatable bonds is 2. The van der Waals surface area contributed by atoms with Crippen molar-refractivity contribution >= 4 is 27.6 Å². The Morgan fingerprint density at radius 3 is 3.11 bits per heavy atom. The molecule has 98 valence electrons. The molecule has 4 heteroatoms. The molecule has 2 amide bonds. The van der Waals surface area contributed by atoms with Crippen LogP contribution in [0, 0.1) is 5.92 Å². The zero-order chi connectivity index (χ0) is 13.0. The zero-order valence-corrected chi connectivity index (χ0v) is 12.2. The van der Waals surface area contributed by atoms with Crippen molar-refractivity contribution in [3.8, 4) is 0 Å². The standard InChI is InChI=1S/C14H19BrN2O/c1-2-11-5-4-8-17(10-11)14(18)16-13-7-3-6-12(15)9-13/h3,6-7,9,11H,2,4-5,8,10H2,1H3,(H,16,18). The Labute approximate surface area is 117 Å². The summed E-state index contributed by atoms with van der Waals surface area (Å²) in [6, 6.07) is 7.71. The quantitative estimate of drug-likeness (QED) is 0.876. The van der Waals surface area contributed by atoms with Gasteiger partial charge in [-0.1, -0.05) is 35.3 Å². The van der Waals surface area contributed by atoms with Gasteiger partial charge in [0.05, 0.1) is 0 Å². The van der Waals surface area contributed by atoms with E-state index in [-0.39, 0.29) is 6.03 Å². The molecule has 1 aromatic carbocycles. The van der Waals surface area contributed by atoms with Gasteiger partial charge < -0.3 is 10.2 Å². The highest BCUT2D eigenvalue weighted by Gasteiger charge is 2.22. The van der Waals surface area contributed by atoms with Crippen molar-refractivity contribution in [2.45, 2.75) is 26.2 Å². The third-order valence-corrected chi connectivity index (χ3v) is 3.95. The summed E-state index contributed by atoms with van der Waals surface area (Å²) in [6.45, 7) is 3.95. The summed E-state index contributed by atoms with van der Waals surface area (Å²) in [4.78, 5) is 14.1. The van der Waals surface area contributed by atoms with Gasteiger partial charge >= 0.3 is 6.03 Å². The van der Waals surface area contributed by atoms with Crippen LogP contribution >= 0.6 is 15.9 Å². The van der Waals surface area contributed by atoms with Crippen LogP contribution in [0.3, 0.4) is 0 Å². The van der Waals surface area contributed by atoms with Crippen LogP contribution in [0.2, 0.25) is 0 Å². The van der Waals surface area contributed by atoms with Crippen LogP contribution in [0.5, 0.6) is 0 Å². The van der Waals surface area contributed by atoms with Crippen LogP contribution in [0.4, 0.5) is 10.5 Å². The number of halogens is 1. The van der Waals surface area contributed by atoms with Crippen LogP contribution in [0.15, 0.2) is 28.7 Å². The minimum atomic E-state index is 0.0197. The summed E-state index contributed by atoms with van der Waals surface area (Å²) in [7, 11) is 0. The largest absolute Gasteiger partial charge is 0.324 e. The van der Waals surface area contributed by atoms with Gasteiger partial charge in [-0.3, -0.25) is 0 Å². The second kappa shape index (κ2) is 6.23. The van der Waals surface area contributed by atoms with Gasteiger partial charge in [0, 0.05) is 23.2 Å². The minimum absolute atomic E-state index is 0.0197. The van der Waals surface area contributed by atoms with E-state index in [1.54, 1.807) is 0 Å². The molecule has 1 heterocycles. The number of carbonyl (C=O) groups is 1. The van der Waals surface area contributed by atoms with Crippen LogP contribution in [0.1, 0.15) is 26.2 Å². The van der Waals surface area contributed by atoms with Crippen LogP contribution in [0.25, 0.3) is 0 Å². The molecule has 3 nitrogen and oxygen atoms in total. The fourth-order valence-electron chi connectivity index (χ4n) is 2.35. The summed E-state index contributed by atoms with van der Waals surface area (Å²) in [6.07, 6.45) is 3.52. The number of hydrogen-bond donors (Lipinski definition) is 1. The number of carbonyl (C=O) groups excluding carboxylic acids is 1. The minimum Gasteiger partial charge on any atom is -0.324 e. The third-order valence-electron chi connectivity index (χ3n) is 3.46.